The topological polar surface area (TPSA) is 32.3 Å². The largest absolute Gasteiger partial charge is 0.342 e. The normalized spacial score (nSPS) is 21.2. The van der Waals surface area contributed by atoms with Crippen LogP contribution in [-0.4, -0.2) is 37.0 Å². The maximum absolute atomic E-state index is 13.5. The molecule has 0 unspecified atom stereocenters. The summed E-state index contributed by atoms with van der Waals surface area (Å²) >= 11 is 0. The van der Waals surface area contributed by atoms with Gasteiger partial charge in [0.15, 0.2) is 0 Å². The number of benzene rings is 1. The number of halogens is 1. The lowest BCUT2D eigenvalue weighted by Crippen LogP contribution is -2.52. The number of carbonyl (C=O) groups is 1. The summed E-state index contributed by atoms with van der Waals surface area (Å²) in [4.78, 5) is 15.7. The number of carbonyl (C=O) groups excluding carboxylic acids is 1. The maximum atomic E-state index is 13.5. The van der Waals surface area contributed by atoms with E-state index in [4.69, 9.17) is 0 Å². The third-order valence-electron chi connectivity index (χ3n) is 5.97. The molecule has 3 nitrogen and oxygen atoms in total. The van der Waals surface area contributed by atoms with Crippen molar-refractivity contribution >= 4 is 18.3 Å². The molecule has 4 heteroatoms. The molecule has 0 aromatic heterocycles. The van der Waals surface area contributed by atoms with Gasteiger partial charge in [0.25, 0.3) is 0 Å². The van der Waals surface area contributed by atoms with Crippen molar-refractivity contribution in [3.8, 4) is 0 Å². The average Bonchev–Trinajstić information content (AvgIpc) is 2.62. The lowest BCUT2D eigenvalue weighted by molar-refractivity contribution is -0.140. The number of nitrogens with one attached hydrogen (secondary N) is 1. The van der Waals surface area contributed by atoms with Crippen molar-refractivity contribution in [2.45, 2.75) is 63.3 Å². The summed E-state index contributed by atoms with van der Waals surface area (Å²) in [5.74, 6) is 0.390. The highest BCUT2D eigenvalue weighted by Crippen LogP contribution is 2.42. The van der Waals surface area contributed by atoms with Crippen LogP contribution in [0.25, 0.3) is 0 Å². The fourth-order valence-electron chi connectivity index (χ4n) is 4.54. The first-order chi connectivity index (χ1) is 11.2. The Morgan fingerprint density at radius 2 is 1.75 bits per heavy atom. The van der Waals surface area contributed by atoms with E-state index in [0.29, 0.717) is 11.9 Å². The van der Waals surface area contributed by atoms with Gasteiger partial charge in [-0.1, -0.05) is 43.5 Å². The molecule has 1 amide bonds. The predicted octanol–water partition coefficient (Wildman–Crippen LogP) is 3.83. The zero-order valence-electron chi connectivity index (χ0n) is 15.0. The zero-order chi connectivity index (χ0) is 16.3. The number of rotatable bonds is 3. The quantitative estimate of drug-likeness (QED) is 0.898. The molecule has 1 aromatic carbocycles. The van der Waals surface area contributed by atoms with E-state index >= 15 is 0 Å². The van der Waals surface area contributed by atoms with Crippen molar-refractivity contribution in [2.24, 2.45) is 0 Å². The van der Waals surface area contributed by atoms with Gasteiger partial charge in [-0.2, -0.15) is 0 Å². The molecule has 1 aliphatic heterocycles. The number of hydrogen-bond donors (Lipinski definition) is 1. The monoisotopic (exact) mass is 350 g/mol. The first-order valence-electron chi connectivity index (χ1n) is 9.20. The average molecular weight is 351 g/mol. The summed E-state index contributed by atoms with van der Waals surface area (Å²) in [7, 11) is 2.03. The zero-order valence-corrected chi connectivity index (χ0v) is 15.8. The highest BCUT2D eigenvalue weighted by molar-refractivity contribution is 5.89. The molecule has 134 valence electrons. The minimum absolute atomic E-state index is 0. The maximum Gasteiger partial charge on any atom is 0.233 e. The van der Waals surface area contributed by atoms with Gasteiger partial charge in [-0.25, -0.2) is 0 Å². The van der Waals surface area contributed by atoms with Crippen LogP contribution in [0.5, 0.6) is 0 Å². The van der Waals surface area contributed by atoms with Crippen LogP contribution in [0, 0.1) is 6.92 Å². The van der Waals surface area contributed by atoms with Crippen LogP contribution in [0.15, 0.2) is 24.3 Å². The number of piperidine rings is 1. The molecule has 1 aliphatic carbocycles. The van der Waals surface area contributed by atoms with E-state index in [1.165, 1.54) is 30.4 Å². The van der Waals surface area contributed by atoms with Crippen LogP contribution in [0.3, 0.4) is 0 Å². The minimum atomic E-state index is -0.268. The molecule has 1 saturated carbocycles. The van der Waals surface area contributed by atoms with Crippen molar-refractivity contribution in [1.82, 2.24) is 10.2 Å². The van der Waals surface area contributed by atoms with Gasteiger partial charge in [-0.15, -0.1) is 12.4 Å². The second-order valence-electron chi connectivity index (χ2n) is 7.31. The molecule has 0 atom stereocenters. The van der Waals surface area contributed by atoms with Gasteiger partial charge in [0, 0.05) is 19.1 Å². The Labute approximate surface area is 152 Å². The van der Waals surface area contributed by atoms with Crippen LogP contribution in [0.4, 0.5) is 0 Å². The Bertz CT molecular complexity index is 546. The fraction of sp³-hybridized carbons (Fsp3) is 0.650. The predicted molar refractivity (Wildman–Crippen MR) is 102 cm³/mol. The third-order valence-corrected chi connectivity index (χ3v) is 5.97. The summed E-state index contributed by atoms with van der Waals surface area (Å²) in [5, 5.41) is 3.36. The van der Waals surface area contributed by atoms with Gasteiger partial charge in [0.2, 0.25) is 5.91 Å². The molecular weight excluding hydrogens is 320 g/mol. The standard InChI is InChI=1S/C20H30N2O.ClH/c1-16-8-4-5-9-18(16)20(12-6-3-7-13-20)19(23)22-14-10-17(21-2)11-15-22;/h4-5,8-9,17,21H,3,6-7,10-15H2,1-2H3;1H. The number of aryl methyl sites for hydroxylation is 1. The molecule has 2 fully saturated rings. The number of nitrogens with zero attached hydrogens (tertiary/aromatic N) is 1. The van der Waals surface area contributed by atoms with E-state index in [-0.39, 0.29) is 17.8 Å². The molecule has 0 bridgehead atoms. The van der Waals surface area contributed by atoms with Crippen molar-refractivity contribution < 1.29 is 4.79 Å². The van der Waals surface area contributed by atoms with Gasteiger partial charge in [0.05, 0.1) is 5.41 Å². The highest BCUT2D eigenvalue weighted by Gasteiger charge is 2.44. The highest BCUT2D eigenvalue weighted by atomic mass is 35.5. The molecule has 1 heterocycles. The Hall–Kier alpha value is -1.06. The SMILES string of the molecule is CNC1CCN(C(=O)C2(c3ccccc3C)CCCCC2)CC1.Cl. The van der Waals surface area contributed by atoms with Gasteiger partial charge < -0.3 is 10.2 Å². The lowest BCUT2D eigenvalue weighted by atomic mass is 9.67. The van der Waals surface area contributed by atoms with Crippen molar-refractivity contribution in [3.05, 3.63) is 35.4 Å². The Balaban J connectivity index is 0.00000208. The minimum Gasteiger partial charge on any atom is -0.342 e. The van der Waals surface area contributed by atoms with Crippen LogP contribution in [-0.2, 0) is 10.2 Å². The van der Waals surface area contributed by atoms with Gasteiger partial charge >= 0.3 is 0 Å². The molecule has 1 saturated heterocycles. The van der Waals surface area contributed by atoms with E-state index in [0.717, 1.165) is 38.8 Å². The molecule has 1 aromatic rings. The molecule has 3 rings (SSSR count). The number of hydrogen-bond acceptors (Lipinski definition) is 2. The first-order valence-corrected chi connectivity index (χ1v) is 9.20. The lowest BCUT2D eigenvalue weighted by Gasteiger charge is -2.43. The van der Waals surface area contributed by atoms with Crippen LogP contribution in [0.2, 0.25) is 0 Å². The second kappa shape index (κ2) is 8.35. The third kappa shape index (κ3) is 3.62. The van der Waals surface area contributed by atoms with Crippen molar-refractivity contribution in [1.29, 1.82) is 0 Å². The summed E-state index contributed by atoms with van der Waals surface area (Å²) in [6, 6.07) is 9.10. The fourth-order valence-corrected chi connectivity index (χ4v) is 4.54. The molecule has 24 heavy (non-hydrogen) atoms. The number of likely N-dealkylation sites (tertiary alicyclic amines) is 1. The summed E-state index contributed by atoms with van der Waals surface area (Å²) in [5.41, 5.74) is 2.28. The van der Waals surface area contributed by atoms with Crippen LogP contribution in [0.1, 0.15) is 56.1 Å². The van der Waals surface area contributed by atoms with Gasteiger partial charge in [0.1, 0.15) is 0 Å². The summed E-state index contributed by atoms with van der Waals surface area (Å²) in [6.45, 7) is 3.96. The summed E-state index contributed by atoms with van der Waals surface area (Å²) in [6.07, 6.45) is 7.80. The number of amides is 1. The smallest absolute Gasteiger partial charge is 0.233 e. The van der Waals surface area contributed by atoms with E-state index in [1.807, 2.05) is 7.05 Å². The Morgan fingerprint density at radius 1 is 1.12 bits per heavy atom. The van der Waals surface area contributed by atoms with Gasteiger partial charge in [-0.3, -0.25) is 4.79 Å². The van der Waals surface area contributed by atoms with Gasteiger partial charge in [-0.05, 0) is 50.8 Å². The van der Waals surface area contributed by atoms with E-state index in [1.54, 1.807) is 0 Å². The molecule has 2 aliphatic rings. The first kappa shape index (κ1) is 19.3. The van der Waals surface area contributed by atoms with E-state index in [2.05, 4.69) is 41.4 Å². The van der Waals surface area contributed by atoms with Crippen LogP contribution >= 0.6 is 12.4 Å². The molecular formula is C20H31ClN2O. The molecule has 1 N–H and O–H groups in total. The Kier molecular flexibility index (Phi) is 6.70. The van der Waals surface area contributed by atoms with Crippen molar-refractivity contribution in [3.63, 3.8) is 0 Å². The molecule has 0 spiro atoms. The Morgan fingerprint density at radius 3 is 2.33 bits per heavy atom. The summed E-state index contributed by atoms with van der Waals surface area (Å²) < 4.78 is 0. The van der Waals surface area contributed by atoms with Crippen LogP contribution < -0.4 is 5.32 Å². The second-order valence-corrected chi connectivity index (χ2v) is 7.31. The van der Waals surface area contributed by atoms with E-state index in [9.17, 15) is 4.79 Å². The molecule has 0 radical (unpaired) electrons. The van der Waals surface area contributed by atoms with Crippen molar-refractivity contribution in [2.75, 3.05) is 20.1 Å². The van der Waals surface area contributed by atoms with E-state index < -0.39 is 0 Å².